The average Bonchev–Trinajstić information content (AvgIpc) is 3.19. The number of anilines is 1. The van der Waals surface area contributed by atoms with Crippen LogP contribution in [0, 0.1) is 13.8 Å². The molecule has 1 amide bonds. The molecule has 0 saturated heterocycles. The van der Waals surface area contributed by atoms with Gasteiger partial charge in [0.05, 0.1) is 13.4 Å². The van der Waals surface area contributed by atoms with Crippen LogP contribution >= 0.6 is 15.9 Å². The number of aryl methyl sites for hydroxylation is 1. The van der Waals surface area contributed by atoms with E-state index in [1.165, 1.54) is 0 Å². The van der Waals surface area contributed by atoms with E-state index in [1.807, 2.05) is 69.3 Å². The van der Waals surface area contributed by atoms with Gasteiger partial charge in [0.1, 0.15) is 11.3 Å². The Hall–Kier alpha value is -3.31. The van der Waals surface area contributed by atoms with E-state index in [-0.39, 0.29) is 5.91 Å². The van der Waals surface area contributed by atoms with E-state index in [9.17, 15) is 4.79 Å². The van der Waals surface area contributed by atoms with Gasteiger partial charge in [-0.2, -0.15) is 0 Å². The third-order valence-corrected chi connectivity index (χ3v) is 6.16. The minimum atomic E-state index is -0.183. The molecular weight excluding hydrogens is 466 g/mol. The molecule has 5 heteroatoms. The number of hydrogen-bond donors (Lipinski definition) is 1. The smallest absolute Gasteiger partial charge is 0.248 e. The zero-order valence-corrected chi connectivity index (χ0v) is 20.0. The molecule has 4 nitrogen and oxygen atoms in total. The van der Waals surface area contributed by atoms with Gasteiger partial charge in [-0.1, -0.05) is 40.2 Å². The summed E-state index contributed by atoms with van der Waals surface area (Å²) < 4.78 is 12.4. The number of furan rings is 1. The number of rotatable bonds is 5. The van der Waals surface area contributed by atoms with Gasteiger partial charge in [0.25, 0.3) is 0 Å². The number of ether oxygens (including phenoxy) is 1. The van der Waals surface area contributed by atoms with Crippen LogP contribution in [0.4, 0.5) is 5.69 Å². The quantitative estimate of drug-likeness (QED) is 0.294. The van der Waals surface area contributed by atoms with Gasteiger partial charge in [0.15, 0.2) is 0 Å². The van der Waals surface area contributed by atoms with Crippen molar-refractivity contribution in [2.45, 2.75) is 20.8 Å². The molecule has 32 heavy (non-hydrogen) atoms. The van der Waals surface area contributed by atoms with E-state index in [1.54, 1.807) is 19.4 Å². The topological polar surface area (TPSA) is 51.5 Å². The van der Waals surface area contributed by atoms with Crippen LogP contribution in [0.25, 0.3) is 27.7 Å². The van der Waals surface area contributed by atoms with Gasteiger partial charge in [-0.15, -0.1) is 0 Å². The molecule has 3 aromatic carbocycles. The lowest BCUT2D eigenvalue weighted by atomic mass is 9.99. The van der Waals surface area contributed by atoms with Gasteiger partial charge in [0, 0.05) is 38.8 Å². The number of hydrogen-bond acceptors (Lipinski definition) is 3. The van der Waals surface area contributed by atoms with E-state index >= 15 is 0 Å². The summed E-state index contributed by atoms with van der Waals surface area (Å²) in [6.07, 6.45) is 3.35. The first kappa shape index (κ1) is 21.9. The second-order valence-electron chi connectivity index (χ2n) is 7.77. The average molecular weight is 490 g/mol. The van der Waals surface area contributed by atoms with Gasteiger partial charge in [-0.25, -0.2) is 0 Å². The molecule has 0 saturated carbocycles. The summed E-state index contributed by atoms with van der Waals surface area (Å²) in [4.78, 5) is 12.7. The van der Waals surface area contributed by atoms with Gasteiger partial charge in [0.2, 0.25) is 5.91 Å². The Bertz CT molecular complexity index is 1350. The number of methoxy groups -OCH3 is 1. The molecule has 0 aliphatic heterocycles. The van der Waals surface area contributed by atoms with Crippen LogP contribution in [-0.4, -0.2) is 13.0 Å². The Morgan fingerprint density at radius 1 is 1.09 bits per heavy atom. The molecule has 0 unspecified atom stereocenters. The van der Waals surface area contributed by atoms with Crippen molar-refractivity contribution >= 4 is 44.1 Å². The maximum absolute atomic E-state index is 12.7. The molecule has 4 rings (SSSR count). The fourth-order valence-electron chi connectivity index (χ4n) is 3.74. The highest BCUT2D eigenvalue weighted by atomic mass is 79.9. The van der Waals surface area contributed by atoms with Crippen LogP contribution in [0.15, 0.2) is 75.8 Å². The van der Waals surface area contributed by atoms with Crippen molar-refractivity contribution in [3.05, 3.63) is 88.1 Å². The third kappa shape index (κ3) is 4.34. The van der Waals surface area contributed by atoms with Crippen LogP contribution < -0.4 is 10.1 Å². The van der Waals surface area contributed by atoms with Gasteiger partial charge < -0.3 is 14.5 Å². The molecule has 0 spiro atoms. The van der Waals surface area contributed by atoms with Crippen LogP contribution in [0.1, 0.15) is 23.6 Å². The zero-order valence-electron chi connectivity index (χ0n) is 18.5. The number of carbonyl (C=O) groups excluding carboxylic acids is 1. The standard InChI is InChI=1S/C27H24BrNO3/c1-16-7-5-10-24(18(16)3)29-27(30)11-17(2)21-13-22-23(19-8-6-9-20(28)12-19)15-32-26(22)14-25(21)31-4/h5-15H,1-4H3,(H,29,30)/b17-11+. The molecule has 1 heterocycles. The molecule has 0 atom stereocenters. The molecule has 1 N–H and O–H groups in total. The predicted octanol–water partition coefficient (Wildman–Crippen LogP) is 7.53. The van der Waals surface area contributed by atoms with Crippen molar-refractivity contribution in [2.24, 2.45) is 0 Å². The number of benzene rings is 3. The molecule has 0 radical (unpaired) electrons. The van der Waals surface area contributed by atoms with Crippen molar-refractivity contribution in [2.75, 3.05) is 12.4 Å². The Morgan fingerprint density at radius 2 is 1.88 bits per heavy atom. The molecular formula is C27H24BrNO3. The van der Waals surface area contributed by atoms with Crippen molar-refractivity contribution in [1.82, 2.24) is 0 Å². The van der Waals surface area contributed by atoms with Gasteiger partial charge in [-0.3, -0.25) is 4.79 Å². The van der Waals surface area contributed by atoms with E-state index in [4.69, 9.17) is 9.15 Å². The fraction of sp³-hybridized carbons (Fsp3) is 0.148. The molecule has 0 fully saturated rings. The fourth-order valence-corrected chi connectivity index (χ4v) is 4.14. The van der Waals surface area contributed by atoms with E-state index in [2.05, 4.69) is 27.3 Å². The van der Waals surface area contributed by atoms with Crippen LogP contribution in [0.5, 0.6) is 5.75 Å². The van der Waals surface area contributed by atoms with E-state index in [0.717, 1.165) is 54.5 Å². The molecule has 0 bridgehead atoms. The number of amides is 1. The molecule has 0 aliphatic carbocycles. The zero-order chi connectivity index (χ0) is 22.8. The number of halogens is 1. The summed E-state index contributed by atoms with van der Waals surface area (Å²) in [7, 11) is 1.62. The van der Waals surface area contributed by atoms with E-state index < -0.39 is 0 Å². The Morgan fingerprint density at radius 3 is 2.62 bits per heavy atom. The van der Waals surface area contributed by atoms with Gasteiger partial charge in [-0.05, 0) is 67.3 Å². The number of allylic oxidation sites excluding steroid dienone is 1. The first-order chi connectivity index (χ1) is 15.4. The first-order valence-corrected chi connectivity index (χ1v) is 11.1. The lowest BCUT2D eigenvalue weighted by Crippen LogP contribution is -2.10. The first-order valence-electron chi connectivity index (χ1n) is 10.3. The Balaban J connectivity index is 1.72. The Kier molecular flexibility index (Phi) is 6.19. The second-order valence-corrected chi connectivity index (χ2v) is 8.69. The lowest BCUT2D eigenvalue weighted by molar-refractivity contribution is -0.111. The van der Waals surface area contributed by atoms with Crippen LogP contribution in [0.3, 0.4) is 0 Å². The SMILES string of the molecule is COc1cc2occ(-c3cccc(Br)c3)c2cc1/C(C)=C/C(=O)Nc1cccc(C)c1C. The summed E-state index contributed by atoms with van der Waals surface area (Å²) in [5.74, 6) is 0.471. The predicted molar refractivity (Wildman–Crippen MR) is 134 cm³/mol. The lowest BCUT2D eigenvalue weighted by Gasteiger charge is -2.11. The molecule has 162 valence electrons. The summed E-state index contributed by atoms with van der Waals surface area (Å²) in [6, 6.07) is 17.8. The van der Waals surface area contributed by atoms with Crippen molar-refractivity contribution in [3.8, 4) is 16.9 Å². The maximum atomic E-state index is 12.7. The summed E-state index contributed by atoms with van der Waals surface area (Å²) in [5.41, 5.74) is 7.41. The summed E-state index contributed by atoms with van der Waals surface area (Å²) >= 11 is 3.53. The van der Waals surface area contributed by atoms with Crippen LogP contribution in [-0.2, 0) is 4.79 Å². The molecule has 1 aromatic heterocycles. The highest BCUT2D eigenvalue weighted by molar-refractivity contribution is 9.10. The minimum absolute atomic E-state index is 0.183. The summed E-state index contributed by atoms with van der Waals surface area (Å²) in [5, 5.41) is 3.94. The second kappa shape index (κ2) is 9.05. The highest BCUT2D eigenvalue weighted by Gasteiger charge is 2.15. The molecule has 0 aliphatic rings. The number of nitrogens with one attached hydrogen (secondary N) is 1. The third-order valence-electron chi connectivity index (χ3n) is 5.67. The minimum Gasteiger partial charge on any atom is -0.496 e. The summed E-state index contributed by atoms with van der Waals surface area (Å²) in [6.45, 7) is 5.94. The van der Waals surface area contributed by atoms with Crippen LogP contribution in [0.2, 0.25) is 0 Å². The van der Waals surface area contributed by atoms with Gasteiger partial charge >= 0.3 is 0 Å². The van der Waals surface area contributed by atoms with Crippen molar-refractivity contribution in [1.29, 1.82) is 0 Å². The number of fused-ring (bicyclic) bond motifs is 1. The van der Waals surface area contributed by atoms with Crippen molar-refractivity contribution < 1.29 is 13.9 Å². The number of carbonyl (C=O) groups is 1. The molecule has 4 aromatic rings. The normalized spacial score (nSPS) is 11.6. The monoisotopic (exact) mass is 489 g/mol. The van der Waals surface area contributed by atoms with Crippen molar-refractivity contribution in [3.63, 3.8) is 0 Å². The largest absolute Gasteiger partial charge is 0.496 e. The maximum Gasteiger partial charge on any atom is 0.248 e. The highest BCUT2D eigenvalue weighted by Crippen LogP contribution is 2.38. The van der Waals surface area contributed by atoms with E-state index in [0.29, 0.717) is 5.75 Å². The Labute approximate surface area is 196 Å².